The van der Waals surface area contributed by atoms with Crippen LogP contribution < -0.4 is 9.47 Å². The summed E-state index contributed by atoms with van der Waals surface area (Å²) in [4.78, 5) is 17.7. The van der Waals surface area contributed by atoms with Crippen molar-refractivity contribution >= 4 is 27.0 Å². The first-order valence-corrected chi connectivity index (χ1v) is 12.7. The lowest BCUT2D eigenvalue weighted by molar-refractivity contribution is 0.0451. The fourth-order valence-corrected chi connectivity index (χ4v) is 5.83. The molecule has 1 fully saturated rings. The van der Waals surface area contributed by atoms with Gasteiger partial charge in [-0.25, -0.2) is 18.2 Å². The zero-order valence-electron chi connectivity index (χ0n) is 19.6. The summed E-state index contributed by atoms with van der Waals surface area (Å²) in [5, 5.41) is 0. The van der Waals surface area contributed by atoms with Crippen LogP contribution in [0.25, 0.3) is 11.0 Å². The van der Waals surface area contributed by atoms with Gasteiger partial charge in [0.2, 0.25) is 10.0 Å². The van der Waals surface area contributed by atoms with Gasteiger partial charge in [0.1, 0.15) is 29.5 Å². The van der Waals surface area contributed by atoms with Crippen LogP contribution in [0, 0.1) is 0 Å². The smallest absolute Gasteiger partial charge is 0.346 e. The molecule has 0 bridgehead atoms. The molecule has 1 aliphatic rings. The Bertz CT molecular complexity index is 1270. The monoisotopic (exact) mass is 487 g/mol. The molecule has 4 rings (SSSR count). The minimum Gasteiger partial charge on any atom is -0.496 e. The molecule has 2 heterocycles. The van der Waals surface area contributed by atoms with Crippen molar-refractivity contribution < 1.29 is 27.4 Å². The standard InChI is InChI=1S/C24H29N3O6S/c1-4-27-19-12-11-17(34(29,30)26-13-6-5-7-14-26)15-18(19)25-22(27)16-33-24(28)23-20(31-2)9-8-10-21(23)32-3/h8-12,15H,4-7,13-14,16H2,1-3H3. The minimum atomic E-state index is -3.57. The Hall–Kier alpha value is -3.11. The number of sulfonamides is 1. The normalized spacial score (nSPS) is 14.8. The molecule has 0 amide bonds. The first kappa shape index (κ1) is 24.0. The molecular formula is C24H29N3O6S. The Morgan fingerprint density at radius 3 is 2.32 bits per heavy atom. The molecule has 1 saturated heterocycles. The fourth-order valence-electron chi connectivity index (χ4n) is 4.29. The van der Waals surface area contributed by atoms with Crippen LogP contribution in [0.15, 0.2) is 41.3 Å². The van der Waals surface area contributed by atoms with Crippen LogP contribution in [-0.4, -0.2) is 55.6 Å². The lowest BCUT2D eigenvalue weighted by Gasteiger charge is -2.25. The van der Waals surface area contributed by atoms with Crippen LogP contribution in [0.4, 0.5) is 0 Å². The second-order valence-corrected chi connectivity index (χ2v) is 9.94. The summed E-state index contributed by atoms with van der Waals surface area (Å²) < 4.78 is 45.7. The number of fused-ring (bicyclic) bond motifs is 1. The van der Waals surface area contributed by atoms with Gasteiger partial charge in [-0.05, 0) is 50.1 Å². The summed E-state index contributed by atoms with van der Waals surface area (Å²) in [6.07, 6.45) is 2.80. The molecule has 2 aromatic carbocycles. The van der Waals surface area contributed by atoms with E-state index in [1.54, 1.807) is 36.4 Å². The highest BCUT2D eigenvalue weighted by molar-refractivity contribution is 7.89. The van der Waals surface area contributed by atoms with Gasteiger partial charge in [0, 0.05) is 19.6 Å². The maximum Gasteiger partial charge on any atom is 0.346 e. The van der Waals surface area contributed by atoms with Crippen molar-refractivity contribution in [2.45, 2.75) is 44.2 Å². The van der Waals surface area contributed by atoms with Gasteiger partial charge in [0.15, 0.2) is 0 Å². The SMILES string of the molecule is CCn1c(COC(=O)c2c(OC)cccc2OC)nc2cc(S(=O)(=O)N3CCCCC3)ccc21. The van der Waals surface area contributed by atoms with Crippen molar-refractivity contribution in [2.75, 3.05) is 27.3 Å². The van der Waals surface area contributed by atoms with Crippen LogP contribution in [0.2, 0.25) is 0 Å². The highest BCUT2D eigenvalue weighted by atomic mass is 32.2. The zero-order valence-corrected chi connectivity index (χ0v) is 20.4. The molecule has 0 saturated carbocycles. The first-order valence-electron chi connectivity index (χ1n) is 11.3. The largest absolute Gasteiger partial charge is 0.496 e. The van der Waals surface area contributed by atoms with E-state index in [0.29, 0.717) is 42.5 Å². The molecular weight excluding hydrogens is 458 g/mol. The molecule has 3 aromatic rings. The molecule has 0 aliphatic carbocycles. The van der Waals surface area contributed by atoms with E-state index >= 15 is 0 Å². The molecule has 0 unspecified atom stereocenters. The van der Waals surface area contributed by atoms with E-state index in [4.69, 9.17) is 14.2 Å². The number of carbonyl (C=O) groups excluding carboxylic acids is 1. The third-order valence-electron chi connectivity index (χ3n) is 6.03. The van der Waals surface area contributed by atoms with Gasteiger partial charge in [0.25, 0.3) is 0 Å². The zero-order chi connectivity index (χ0) is 24.3. The number of aromatic nitrogens is 2. The highest BCUT2D eigenvalue weighted by Crippen LogP contribution is 2.30. The molecule has 34 heavy (non-hydrogen) atoms. The highest BCUT2D eigenvalue weighted by Gasteiger charge is 2.27. The molecule has 0 radical (unpaired) electrons. The Morgan fingerprint density at radius 1 is 1.03 bits per heavy atom. The van der Waals surface area contributed by atoms with Gasteiger partial charge < -0.3 is 18.8 Å². The number of hydrogen-bond acceptors (Lipinski definition) is 7. The number of benzene rings is 2. The van der Waals surface area contributed by atoms with Crippen molar-refractivity contribution in [2.24, 2.45) is 0 Å². The van der Waals surface area contributed by atoms with Gasteiger partial charge >= 0.3 is 5.97 Å². The lowest BCUT2D eigenvalue weighted by atomic mass is 10.2. The number of hydrogen-bond donors (Lipinski definition) is 0. The number of aryl methyl sites for hydroxylation is 1. The Morgan fingerprint density at radius 2 is 1.71 bits per heavy atom. The maximum atomic E-state index is 13.1. The molecule has 0 atom stereocenters. The molecule has 1 aliphatic heterocycles. The van der Waals surface area contributed by atoms with Crippen molar-refractivity contribution in [3.63, 3.8) is 0 Å². The van der Waals surface area contributed by atoms with Crippen molar-refractivity contribution in [3.05, 3.63) is 47.8 Å². The summed E-state index contributed by atoms with van der Waals surface area (Å²) in [5.41, 5.74) is 1.52. The van der Waals surface area contributed by atoms with Gasteiger partial charge in [-0.1, -0.05) is 12.5 Å². The number of nitrogens with zero attached hydrogens (tertiary/aromatic N) is 3. The van der Waals surface area contributed by atoms with Gasteiger partial charge in [-0.15, -0.1) is 0 Å². The fraction of sp³-hybridized carbons (Fsp3) is 0.417. The van der Waals surface area contributed by atoms with Gasteiger partial charge in [-0.3, -0.25) is 0 Å². The molecule has 1 aromatic heterocycles. The Balaban J connectivity index is 1.61. The summed E-state index contributed by atoms with van der Waals surface area (Å²) in [7, 11) is -0.630. The van der Waals surface area contributed by atoms with Gasteiger partial charge in [-0.2, -0.15) is 4.31 Å². The minimum absolute atomic E-state index is 0.0865. The van der Waals surface area contributed by atoms with Crippen molar-refractivity contribution in [1.82, 2.24) is 13.9 Å². The molecule has 10 heteroatoms. The summed E-state index contributed by atoms with van der Waals surface area (Å²) >= 11 is 0. The van der Waals surface area contributed by atoms with E-state index in [1.807, 2.05) is 11.5 Å². The number of ether oxygens (including phenoxy) is 3. The number of imidazole rings is 1. The van der Waals surface area contributed by atoms with E-state index in [-0.39, 0.29) is 17.1 Å². The van der Waals surface area contributed by atoms with E-state index in [9.17, 15) is 13.2 Å². The predicted molar refractivity (Wildman–Crippen MR) is 127 cm³/mol. The predicted octanol–water partition coefficient (Wildman–Crippen LogP) is 3.61. The van der Waals surface area contributed by atoms with Crippen molar-refractivity contribution in [1.29, 1.82) is 0 Å². The van der Waals surface area contributed by atoms with E-state index in [0.717, 1.165) is 24.8 Å². The van der Waals surface area contributed by atoms with E-state index in [1.165, 1.54) is 18.5 Å². The Labute approximate surface area is 199 Å². The average molecular weight is 488 g/mol. The maximum absolute atomic E-state index is 13.1. The third kappa shape index (κ3) is 4.47. The molecule has 0 spiro atoms. The van der Waals surface area contributed by atoms with Crippen LogP contribution >= 0.6 is 0 Å². The number of rotatable bonds is 8. The summed E-state index contributed by atoms with van der Waals surface area (Å²) in [5.74, 6) is 0.617. The van der Waals surface area contributed by atoms with Crippen LogP contribution in [-0.2, 0) is 27.9 Å². The quantitative estimate of drug-likeness (QED) is 0.448. The Kier molecular flexibility index (Phi) is 7.08. The lowest BCUT2D eigenvalue weighted by Crippen LogP contribution is -2.35. The second kappa shape index (κ2) is 10.0. The second-order valence-electron chi connectivity index (χ2n) is 8.00. The average Bonchev–Trinajstić information content (AvgIpc) is 3.23. The van der Waals surface area contributed by atoms with Crippen LogP contribution in [0.5, 0.6) is 11.5 Å². The number of esters is 1. The van der Waals surface area contributed by atoms with E-state index in [2.05, 4.69) is 4.98 Å². The summed E-state index contributed by atoms with van der Waals surface area (Å²) in [6.45, 7) is 3.53. The third-order valence-corrected chi connectivity index (χ3v) is 7.93. The topological polar surface area (TPSA) is 100.0 Å². The van der Waals surface area contributed by atoms with Gasteiger partial charge in [0.05, 0.1) is 30.1 Å². The van der Waals surface area contributed by atoms with Crippen LogP contribution in [0.1, 0.15) is 42.4 Å². The summed E-state index contributed by atoms with van der Waals surface area (Å²) in [6, 6.07) is 10.0. The molecule has 9 nitrogen and oxygen atoms in total. The van der Waals surface area contributed by atoms with E-state index < -0.39 is 16.0 Å². The first-order chi connectivity index (χ1) is 16.4. The molecule has 0 N–H and O–H groups in total. The van der Waals surface area contributed by atoms with Crippen LogP contribution in [0.3, 0.4) is 0 Å². The number of carbonyl (C=O) groups is 1. The number of methoxy groups -OCH3 is 2. The molecule has 182 valence electrons. The van der Waals surface area contributed by atoms with Crippen molar-refractivity contribution in [3.8, 4) is 11.5 Å². The number of piperidine rings is 1.